The van der Waals surface area contributed by atoms with E-state index >= 15 is 0 Å². The number of carbonyl (C=O) groups is 2. The smallest absolute Gasteiger partial charge is 0.363 e. The van der Waals surface area contributed by atoms with Crippen LogP contribution in [0, 0.1) is 0 Å². The topological polar surface area (TPSA) is 78.1 Å². The Hall–Kier alpha value is -3.15. The summed E-state index contributed by atoms with van der Waals surface area (Å²) in [7, 11) is 1.31. The summed E-state index contributed by atoms with van der Waals surface area (Å²) in [5.74, 6) is -0.295. The van der Waals surface area contributed by atoms with E-state index in [-0.39, 0.29) is 11.6 Å². The third-order valence-corrected chi connectivity index (χ3v) is 3.00. The molecule has 1 aromatic carbocycles. The van der Waals surface area contributed by atoms with Gasteiger partial charge in [-0.3, -0.25) is 0 Å². The molecule has 110 valence electrons. The Labute approximate surface area is 125 Å². The summed E-state index contributed by atoms with van der Waals surface area (Å²) in [6, 6.07) is 9.84. The second-order valence-electron chi connectivity index (χ2n) is 4.42. The van der Waals surface area contributed by atoms with Crippen LogP contribution in [0.3, 0.4) is 0 Å². The van der Waals surface area contributed by atoms with E-state index in [0.29, 0.717) is 16.9 Å². The first kappa shape index (κ1) is 13.8. The number of aliphatic imine (C=N–C) groups is 1. The first-order chi connectivity index (χ1) is 10.7. The van der Waals surface area contributed by atoms with Crippen LogP contribution in [0.2, 0.25) is 0 Å². The zero-order chi connectivity index (χ0) is 15.5. The molecule has 0 saturated carbocycles. The molecule has 0 spiro atoms. The lowest BCUT2D eigenvalue weighted by Gasteiger charge is -2.01. The van der Waals surface area contributed by atoms with Gasteiger partial charge in [0.1, 0.15) is 5.76 Å². The largest absolute Gasteiger partial charge is 0.465 e. The highest BCUT2D eigenvalue weighted by atomic mass is 16.6. The molecule has 0 aliphatic carbocycles. The van der Waals surface area contributed by atoms with Gasteiger partial charge in [0.25, 0.3) is 0 Å². The molecule has 1 aliphatic heterocycles. The minimum Gasteiger partial charge on any atom is -0.465 e. The molecule has 0 amide bonds. The van der Waals surface area contributed by atoms with E-state index in [0.717, 1.165) is 0 Å². The van der Waals surface area contributed by atoms with Crippen molar-refractivity contribution in [1.82, 2.24) is 0 Å². The maximum absolute atomic E-state index is 11.8. The van der Waals surface area contributed by atoms with Crippen molar-refractivity contribution in [2.24, 2.45) is 4.99 Å². The number of carbonyl (C=O) groups excluding carboxylic acids is 2. The Morgan fingerprint density at radius 3 is 2.64 bits per heavy atom. The minimum absolute atomic E-state index is 0.155. The SMILES string of the molecule is COC(=O)c1ccc(C2=N/C(=C/c3ccco3)C(=O)O2)cc1. The fraction of sp³-hybridized carbons (Fsp3) is 0.0625. The average molecular weight is 297 g/mol. The lowest BCUT2D eigenvalue weighted by Crippen LogP contribution is -2.06. The van der Waals surface area contributed by atoms with E-state index in [1.165, 1.54) is 19.4 Å². The van der Waals surface area contributed by atoms with Gasteiger partial charge in [-0.1, -0.05) is 0 Å². The number of methoxy groups -OCH3 is 1. The van der Waals surface area contributed by atoms with Gasteiger partial charge < -0.3 is 13.9 Å². The Balaban J connectivity index is 1.86. The van der Waals surface area contributed by atoms with Gasteiger partial charge in [0.2, 0.25) is 5.90 Å². The molecule has 0 radical (unpaired) electrons. The number of nitrogens with zero attached hydrogens (tertiary/aromatic N) is 1. The van der Waals surface area contributed by atoms with Gasteiger partial charge in [0.05, 0.1) is 18.9 Å². The van der Waals surface area contributed by atoms with E-state index in [4.69, 9.17) is 9.15 Å². The minimum atomic E-state index is -0.552. The van der Waals surface area contributed by atoms with Crippen molar-refractivity contribution in [3.05, 3.63) is 65.2 Å². The Kier molecular flexibility index (Phi) is 3.57. The number of rotatable bonds is 3. The molecule has 0 unspecified atom stereocenters. The van der Waals surface area contributed by atoms with Gasteiger partial charge in [-0.25, -0.2) is 14.6 Å². The Morgan fingerprint density at radius 1 is 1.23 bits per heavy atom. The van der Waals surface area contributed by atoms with Gasteiger partial charge in [0.15, 0.2) is 5.70 Å². The van der Waals surface area contributed by atoms with Crippen LogP contribution in [0.5, 0.6) is 0 Å². The van der Waals surface area contributed by atoms with Gasteiger partial charge >= 0.3 is 11.9 Å². The van der Waals surface area contributed by atoms with E-state index in [1.807, 2.05) is 0 Å². The molecule has 22 heavy (non-hydrogen) atoms. The molecular formula is C16H11NO5. The summed E-state index contributed by atoms with van der Waals surface area (Å²) < 4.78 is 14.9. The van der Waals surface area contributed by atoms with Gasteiger partial charge in [-0.15, -0.1) is 0 Å². The van der Waals surface area contributed by atoms with Crippen molar-refractivity contribution >= 4 is 23.9 Å². The van der Waals surface area contributed by atoms with Crippen molar-refractivity contribution < 1.29 is 23.5 Å². The van der Waals surface area contributed by atoms with E-state index in [9.17, 15) is 9.59 Å². The van der Waals surface area contributed by atoms with Crippen LogP contribution in [-0.2, 0) is 14.3 Å². The summed E-state index contributed by atoms with van der Waals surface area (Å²) in [6.07, 6.45) is 3.00. The molecule has 2 heterocycles. The van der Waals surface area contributed by atoms with Gasteiger partial charge in [-0.05, 0) is 36.4 Å². The predicted molar refractivity (Wildman–Crippen MR) is 77.1 cm³/mol. The first-order valence-corrected chi connectivity index (χ1v) is 6.42. The molecule has 1 aliphatic rings. The first-order valence-electron chi connectivity index (χ1n) is 6.42. The number of ether oxygens (including phenoxy) is 2. The second kappa shape index (κ2) is 5.69. The van der Waals surface area contributed by atoms with E-state index < -0.39 is 11.9 Å². The molecular weight excluding hydrogens is 286 g/mol. The normalized spacial score (nSPS) is 15.6. The predicted octanol–water partition coefficient (Wildman–Crippen LogP) is 2.41. The van der Waals surface area contributed by atoms with Crippen LogP contribution < -0.4 is 0 Å². The standard InChI is InChI=1S/C16H11NO5/c1-20-15(18)11-6-4-10(5-7-11)14-17-13(16(19)22-14)9-12-3-2-8-21-12/h2-9H,1H3/b13-9+. The van der Waals surface area contributed by atoms with Crippen LogP contribution in [0.25, 0.3) is 6.08 Å². The number of esters is 2. The van der Waals surface area contributed by atoms with Crippen LogP contribution in [0.15, 0.2) is 57.8 Å². The third-order valence-electron chi connectivity index (χ3n) is 3.00. The van der Waals surface area contributed by atoms with Crippen molar-refractivity contribution in [2.45, 2.75) is 0 Å². The highest BCUT2D eigenvalue weighted by Crippen LogP contribution is 2.19. The van der Waals surface area contributed by atoms with Crippen LogP contribution in [0.1, 0.15) is 21.7 Å². The van der Waals surface area contributed by atoms with Crippen molar-refractivity contribution in [1.29, 1.82) is 0 Å². The Bertz CT molecular complexity index is 769. The van der Waals surface area contributed by atoms with Crippen molar-refractivity contribution in [2.75, 3.05) is 7.11 Å². The fourth-order valence-corrected chi connectivity index (χ4v) is 1.91. The molecule has 1 aromatic heterocycles. The lowest BCUT2D eigenvalue weighted by atomic mass is 10.1. The quantitative estimate of drug-likeness (QED) is 0.642. The van der Waals surface area contributed by atoms with Gasteiger partial charge in [0, 0.05) is 11.6 Å². The van der Waals surface area contributed by atoms with Crippen LogP contribution in [-0.4, -0.2) is 24.9 Å². The number of furan rings is 1. The lowest BCUT2D eigenvalue weighted by molar-refractivity contribution is -0.129. The molecule has 2 aromatic rings. The van der Waals surface area contributed by atoms with Gasteiger partial charge in [-0.2, -0.15) is 0 Å². The fourth-order valence-electron chi connectivity index (χ4n) is 1.91. The number of benzene rings is 1. The zero-order valence-corrected chi connectivity index (χ0v) is 11.6. The molecule has 0 atom stereocenters. The van der Waals surface area contributed by atoms with E-state index in [2.05, 4.69) is 9.73 Å². The number of hydrogen-bond acceptors (Lipinski definition) is 6. The summed E-state index contributed by atoms with van der Waals surface area (Å²) in [5, 5.41) is 0. The third kappa shape index (κ3) is 2.67. The number of cyclic esters (lactones) is 1. The van der Waals surface area contributed by atoms with E-state index in [1.54, 1.807) is 36.4 Å². The molecule has 0 N–H and O–H groups in total. The molecule has 0 saturated heterocycles. The molecule has 6 heteroatoms. The summed E-state index contributed by atoms with van der Waals surface area (Å²) in [5.41, 5.74) is 1.15. The Morgan fingerprint density at radius 2 is 2.00 bits per heavy atom. The zero-order valence-electron chi connectivity index (χ0n) is 11.6. The molecule has 0 fully saturated rings. The highest BCUT2D eigenvalue weighted by Gasteiger charge is 2.24. The second-order valence-corrected chi connectivity index (χ2v) is 4.42. The number of hydrogen-bond donors (Lipinski definition) is 0. The summed E-state index contributed by atoms with van der Waals surface area (Å²) >= 11 is 0. The van der Waals surface area contributed by atoms with Crippen LogP contribution in [0.4, 0.5) is 0 Å². The van der Waals surface area contributed by atoms with Crippen molar-refractivity contribution in [3.8, 4) is 0 Å². The summed E-state index contributed by atoms with van der Waals surface area (Å²) in [6.45, 7) is 0. The van der Waals surface area contributed by atoms with Crippen molar-refractivity contribution in [3.63, 3.8) is 0 Å². The van der Waals surface area contributed by atoms with Crippen LogP contribution >= 0.6 is 0 Å². The molecule has 6 nitrogen and oxygen atoms in total. The average Bonchev–Trinajstić information content (AvgIpc) is 3.18. The maximum atomic E-state index is 11.8. The summed E-state index contributed by atoms with van der Waals surface area (Å²) in [4.78, 5) is 27.3. The molecule has 0 bridgehead atoms. The highest BCUT2D eigenvalue weighted by molar-refractivity contribution is 6.12. The molecule has 3 rings (SSSR count). The maximum Gasteiger partial charge on any atom is 0.363 e. The monoisotopic (exact) mass is 297 g/mol.